The highest BCUT2D eigenvalue weighted by molar-refractivity contribution is 7.98. The fraction of sp³-hybridized carbons (Fsp3) is 0.393. The summed E-state index contributed by atoms with van der Waals surface area (Å²) in [6, 6.07) is 15.3. The van der Waals surface area contributed by atoms with E-state index < -0.39 is 6.04 Å². The number of hydrogen-bond acceptors (Lipinski definition) is 8. The second-order valence-electron chi connectivity index (χ2n) is 9.28. The fourth-order valence-electron chi connectivity index (χ4n) is 4.91. The molecule has 2 heterocycles. The third-order valence-corrected chi connectivity index (χ3v) is 7.72. The van der Waals surface area contributed by atoms with Gasteiger partial charge >= 0.3 is 5.97 Å². The average molecular weight is 521 g/mol. The highest BCUT2D eigenvalue weighted by atomic mass is 32.2. The monoisotopic (exact) mass is 520 g/mol. The van der Waals surface area contributed by atoms with Gasteiger partial charge in [0, 0.05) is 11.4 Å². The van der Waals surface area contributed by atoms with Crippen LogP contribution in [0.25, 0.3) is 0 Å². The maximum absolute atomic E-state index is 13.6. The fourth-order valence-corrected chi connectivity index (χ4v) is 5.69. The molecule has 8 nitrogen and oxygen atoms in total. The summed E-state index contributed by atoms with van der Waals surface area (Å²) in [6.07, 6.45) is 5.12. The molecule has 3 aromatic rings. The molecule has 1 unspecified atom stereocenters. The molecule has 0 saturated heterocycles. The maximum Gasteiger partial charge on any atom is 0.338 e. The summed E-state index contributed by atoms with van der Waals surface area (Å²) in [5, 5.41) is 8.76. The Hall–Kier alpha value is -3.46. The molecule has 1 aliphatic carbocycles. The van der Waals surface area contributed by atoms with Crippen LogP contribution in [0.15, 0.2) is 65.0 Å². The number of thioether (sulfide) groups is 1. The largest absolute Gasteiger partial charge is 0.493 e. The highest BCUT2D eigenvalue weighted by Gasteiger charge is 2.36. The van der Waals surface area contributed by atoms with E-state index in [1.54, 1.807) is 30.7 Å². The second kappa shape index (κ2) is 11.3. The number of rotatable bonds is 8. The Labute approximate surface area is 221 Å². The first-order chi connectivity index (χ1) is 18.1. The maximum atomic E-state index is 13.6. The van der Waals surface area contributed by atoms with Gasteiger partial charge in [-0.3, -0.25) is 0 Å². The number of carbonyl (C=O) groups excluding carboxylic acids is 1. The van der Waals surface area contributed by atoms with Gasteiger partial charge in [-0.1, -0.05) is 54.6 Å². The predicted octanol–water partition coefficient (Wildman–Crippen LogP) is 5.75. The van der Waals surface area contributed by atoms with Crippen LogP contribution in [0.1, 0.15) is 56.2 Å². The van der Waals surface area contributed by atoms with Crippen LogP contribution in [0, 0.1) is 0 Å². The van der Waals surface area contributed by atoms with Crippen LogP contribution in [-0.4, -0.2) is 41.1 Å². The van der Waals surface area contributed by atoms with Crippen LogP contribution in [0.2, 0.25) is 0 Å². The smallest absolute Gasteiger partial charge is 0.338 e. The Morgan fingerprint density at radius 3 is 2.54 bits per heavy atom. The van der Waals surface area contributed by atoms with E-state index in [1.807, 2.05) is 43.3 Å². The number of aromatic nitrogens is 3. The van der Waals surface area contributed by atoms with E-state index in [9.17, 15) is 4.79 Å². The summed E-state index contributed by atoms with van der Waals surface area (Å²) < 4.78 is 18.8. The van der Waals surface area contributed by atoms with Crippen LogP contribution in [0.3, 0.4) is 0 Å². The summed E-state index contributed by atoms with van der Waals surface area (Å²) >= 11 is 1.55. The molecule has 9 heteroatoms. The van der Waals surface area contributed by atoms with Crippen LogP contribution < -0.4 is 14.8 Å². The van der Waals surface area contributed by atoms with Crippen LogP contribution in [0.5, 0.6) is 11.5 Å². The van der Waals surface area contributed by atoms with Crippen molar-refractivity contribution < 1.29 is 19.0 Å². The molecule has 0 bridgehead atoms. The lowest BCUT2D eigenvalue weighted by atomic mass is 9.94. The van der Waals surface area contributed by atoms with E-state index in [4.69, 9.17) is 24.3 Å². The first kappa shape index (κ1) is 25.2. The summed E-state index contributed by atoms with van der Waals surface area (Å²) in [7, 11) is 3.20. The number of nitrogens with zero attached hydrogens (tertiary/aromatic N) is 3. The minimum absolute atomic E-state index is 0.0539. The van der Waals surface area contributed by atoms with Gasteiger partial charge in [0.1, 0.15) is 12.1 Å². The van der Waals surface area contributed by atoms with Gasteiger partial charge in [-0.25, -0.2) is 9.48 Å². The Kier molecular flexibility index (Phi) is 7.69. The van der Waals surface area contributed by atoms with Crippen molar-refractivity contribution in [2.24, 2.45) is 0 Å². The van der Waals surface area contributed by atoms with E-state index in [2.05, 4.69) is 17.4 Å². The van der Waals surface area contributed by atoms with Gasteiger partial charge in [0.15, 0.2) is 11.5 Å². The lowest BCUT2D eigenvalue weighted by Gasteiger charge is -2.30. The van der Waals surface area contributed by atoms with Crippen molar-refractivity contribution in [1.29, 1.82) is 0 Å². The molecule has 2 aromatic carbocycles. The summed E-state index contributed by atoms with van der Waals surface area (Å²) in [6.45, 7) is 1.89. The standard InChI is InChI=1S/C28H32N4O4S/c1-18-24(26(33)36-21-12-8-5-9-13-21)25(20-14-15-22(34-2)23(16-20)35-3)32-27(29-18)30-28(31-32)37-17-19-10-6-4-7-11-19/h4,6-7,10-11,14-16,21,25H,5,8-9,12-13,17H2,1-3H3,(H,29,30,31). The van der Waals surface area contributed by atoms with Crippen molar-refractivity contribution in [3.63, 3.8) is 0 Å². The number of hydrogen-bond donors (Lipinski definition) is 1. The zero-order valence-corrected chi connectivity index (χ0v) is 22.2. The number of benzene rings is 2. The minimum Gasteiger partial charge on any atom is -0.493 e. The van der Waals surface area contributed by atoms with Gasteiger partial charge in [-0.05, 0) is 55.9 Å². The quantitative estimate of drug-likeness (QED) is 0.297. The van der Waals surface area contributed by atoms with Crippen molar-refractivity contribution in [1.82, 2.24) is 14.8 Å². The topological polar surface area (TPSA) is 87.5 Å². The third kappa shape index (κ3) is 5.46. The Bertz CT molecular complexity index is 1280. The highest BCUT2D eigenvalue weighted by Crippen LogP contribution is 2.40. The van der Waals surface area contributed by atoms with E-state index in [0.29, 0.717) is 33.9 Å². The molecule has 1 fully saturated rings. The van der Waals surface area contributed by atoms with Crippen molar-refractivity contribution in [3.8, 4) is 11.5 Å². The van der Waals surface area contributed by atoms with Gasteiger partial charge in [0.2, 0.25) is 11.1 Å². The molecule has 0 radical (unpaired) electrons. The third-order valence-electron chi connectivity index (χ3n) is 6.81. The van der Waals surface area contributed by atoms with Crippen molar-refractivity contribution >= 4 is 23.7 Å². The normalized spacial score (nSPS) is 17.6. The van der Waals surface area contributed by atoms with Gasteiger partial charge in [-0.15, -0.1) is 5.10 Å². The SMILES string of the molecule is COc1ccc(C2C(C(=O)OC3CCCCC3)=C(C)Nc3nc(SCc4ccccc4)nn32)cc1OC. The molecule has 194 valence electrons. The molecule has 1 aliphatic heterocycles. The zero-order chi connectivity index (χ0) is 25.8. The Balaban J connectivity index is 1.50. The second-order valence-corrected chi connectivity index (χ2v) is 10.2. The van der Waals surface area contributed by atoms with Gasteiger partial charge in [0.25, 0.3) is 0 Å². The molecular formula is C28H32N4O4S. The summed E-state index contributed by atoms with van der Waals surface area (Å²) in [5.74, 6) is 2.20. The van der Waals surface area contributed by atoms with Gasteiger partial charge < -0.3 is 19.5 Å². The number of carbonyl (C=O) groups is 1. The number of nitrogens with one attached hydrogen (secondary N) is 1. The zero-order valence-electron chi connectivity index (χ0n) is 21.4. The van der Waals surface area contributed by atoms with Gasteiger partial charge in [-0.2, -0.15) is 4.98 Å². The molecule has 0 spiro atoms. The number of methoxy groups -OCH3 is 2. The first-order valence-electron chi connectivity index (χ1n) is 12.6. The molecule has 2 aliphatic rings. The lowest BCUT2D eigenvalue weighted by Crippen LogP contribution is -2.32. The predicted molar refractivity (Wildman–Crippen MR) is 143 cm³/mol. The van der Waals surface area contributed by atoms with Crippen LogP contribution in [0.4, 0.5) is 5.95 Å². The van der Waals surface area contributed by atoms with E-state index >= 15 is 0 Å². The number of allylic oxidation sites excluding steroid dienone is 1. The lowest BCUT2D eigenvalue weighted by molar-refractivity contribution is -0.146. The molecule has 37 heavy (non-hydrogen) atoms. The van der Waals surface area contributed by atoms with Crippen molar-refractivity contribution in [2.75, 3.05) is 19.5 Å². The van der Waals surface area contributed by atoms with Crippen LogP contribution in [-0.2, 0) is 15.3 Å². The Morgan fingerprint density at radius 2 is 1.81 bits per heavy atom. The van der Waals surface area contributed by atoms with Crippen molar-refractivity contribution in [3.05, 3.63) is 70.9 Å². The van der Waals surface area contributed by atoms with Gasteiger partial charge in [0.05, 0.1) is 19.8 Å². The summed E-state index contributed by atoms with van der Waals surface area (Å²) in [4.78, 5) is 18.4. The number of fused-ring (bicyclic) bond motifs is 1. The molecule has 5 rings (SSSR count). The van der Waals surface area contributed by atoms with Crippen LogP contribution >= 0.6 is 11.8 Å². The molecular weight excluding hydrogens is 488 g/mol. The average Bonchev–Trinajstić information content (AvgIpc) is 3.34. The number of ether oxygens (including phenoxy) is 3. The Morgan fingerprint density at radius 1 is 1.05 bits per heavy atom. The van der Waals surface area contributed by atoms with E-state index in [0.717, 1.165) is 37.0 Å². The van der Waals surface area contributed by atoms with Crippen molar-refractivity contribution in [2.45, 2.75) is 62.1 Å². The van der Waals surface area contributed by atoms with E-state index in [-0.39, 0.29) is 12.1 Å². The molecule has 1 aromatic heterocycles. The number of anilines is 1. The molecule has 1 atom stereocenters. The van der Waals surface area contributed by atoms with E-state index in [1.165, 1.54) is 12.0 Å². The molecule has 1 saturated carbocycles. The number of esters is 1. The first-order valence-corrected chi connectivity index (χ1v) is 13.6. The minimum atomic E-state index is -0.522. The molecule has 0 amide bonds. The summed E-state index contributed by atoms with van der Waals surface area (Å²) in [5.41, 5.74) is 3.26. The molecule has 1 N–H and O–H groups in total.